The molecule has 3 atom stereocenters. The number of benzene rings is 3. The van der Waals surface area contributed by atoms with Crippen LogP contribution in [0.1, 0.15) is 46.3 Å². The fraction of sp³-hybridized carbons (Fsp3) is 0.194. The van der Waals surface area contributed by atoms with Gasteiger partial charge in [-0.1, -0.05) is 83.4 Å². The van der Waals surface area contributed by atoms with Crippen molar-refractivity contribution in [3.8, 4) is 0 Å². The first kappa shape index (κ1) is 24.6. The Bertz CT molecular complexity index is 1340. The molecule has 0 spiro atoms. The quantitative estimate of drug-likeness (QED) is 0.247. The van der Waals surface area contributed by atoms with E-state index in [1.54, 1.807) is 22.9 Å². The summed E-state index contributed by atoms with van der Waals surface area (Å²) >= 11 is 0. The largest absolute Gasteiger partial charge is 0.279 e. The highest BCUT2D eigenvalue weighted by Gasteiger charge is 2.33. The predicted molar refractivity (Wildman–Crippen MR) is 143 cm³/mol. The number of aromatic nitrogens is 1. The van der Waals surface area contributed by atoms with Gasteiger partial charge in [0, 0.05) is 17.0 Å². The standard InChI is InChI=1S/C31H31NO2S/c1-22(2)21-28(30(25-9-6-5-7-10-25)26-16-12-23(3)13-17-26)31(33)32-20-8-11-29(32)35(34)27-18-14-24(4)15-19-27/h5-20,28,30H,1,21H2,2-4H3/t28-,30-,35?/m1/s1. The van der Waals surface area contributed by atoms with Crippen LogP contribution in [0.15, 0.2) is 119 Å². The van der Waals surface area contributed by atoms with Crippen molar-refractivity contribution in [1.82, 2.24) is 4.57 Å². The molecule has 4 rings (SSSR count). The van der Waals surface area contributed by atoms with E-state index in [2.05, 4.69) is 49.9 Å². The van der Waals surface area contributed by atoms with Crippen molar-refractivity contribution in [2.75, 3.05) is 0 Å². The Kier molecular flexibility index (Phi) is 7.62. The number of rotatable bonds is 8. The van der Waals surface area contributed by atoms with Crippen LogP contribution in [0.25, 0.3) is 0 Å². The first-order valence-corrected chi connectivity index (χ1v) is 13.0. The molecule has 0 fully saturated rings. The molecule has 1 unspecified atom stereocenters. The molecule has 3 aromatic carbocycles. The summed E-state index contributed by atoms with van der Waals surface area (Å²) in [5.41, 5.74) is 5.36. The van der Waals surface area contributed by atoms with Crippen LogP contribution in [-0.2, 0) is 10.8 Å². The van der Waals surface area contributed by atoms with Gasteiger partial charge in [-0.2, -0.15) is 0 Å². The average Bonchev–Trinajstić information content (AvgIpc) is 3.35. The minimum absolute atomic E-state index is 0.0807. The van der Waals surface area contributed by atoms with Crippen molar-refractivity contribution in [3.63, 3.8) is 0 Å². The Balaban J connectivity index is 1.79. The highest BCUT2D eigenvalue weighted by molar-refractivity contribution is 7.85. The van der Waals surface area contributed by atoms with Gasteiger partial charge in [0.05, 0.1) is 5.92 Å². The zero-order chi connectivity index (χ0) is 24.9. The smallest absolute Gasteiger partial charge is 0.235 e. The van der Waals surface area contributed by atoms with E-state index < -0.39 is 16.7 Å². The van der Waals surface area contributed by atoms with Gasteiger partial charge in [0.2, 0.25) is 5.91 Å². The number of nitrogens with zero attached hydrogens (tertiary/aromatic N) is 1. The van der Waals surface area contributed by atoms with Crippen molar-refractivity contribution < 1.29 is 9.00 Å². The monoisotopic (exact) mass is 481 g/mol. The molecular weight excluding hydrogens is 450 g/mol. The second-order valence-electron chi connectivity index (χ2n) is 9.20. The summed E-state index contributed by atoms with van der Waals surface area (Å²) in [6, 6.07) is 29.7. The molecule has 178 valence electrons. The Labute approximate surface area is 210 Å². The molecular formula is C31H31NO2S. The van der Waals surface area contributed by atoms with E-state index >= 15 is 0 Å². The zero-order valence-electron chi connectivity index (χ0n) is 20.5. The van der Waals surface area contributed by atoms with Crippen molar-refractivity contribution in [2.24, 2.45) is 5.92 Å². The molecule has 1 aromatic heterocycles. The van der Waals surface area contributed by atoms with Gasteiger partial charge in [0.25, 0.3) is 0 Å². The van der Waals surface area contributed by atoms with Gasteiger partial charge >= 0.3 is 0 Å². The van der Waals surface area contributed by atoms with E-state index in [1.807, 2.05) is 56.3 Å². The highest BCUT2D eigenvalue weighted by Crippen LogP contribution is 2.37. The topological polar surface area (TPSA) is 39.1 Å². The summed E-state index contributed by atoms with van der Waals surface area (Å²) in [5.74, 6) is -0.647. The molecule has 4 aromatic rings. The molecule has 0 amide bonds. The fourth-order valence-corrected chi connectivity index (χ4v) is 5.63. The lowest BCUT2D eigenvalue weighted by Gasteiger charge is -2.28. The third-order valence-electron chi connectivity index (χ3n) is 6.26. The maximum absolute atomic E-state index is 14.2. The van der Waals surface area contributed by atoms with Gasteiger partial charge in [-0.15, -0.1) is 6.58 Å². The van der Waals surface area contributed by atoms with E-state index in [0.29, 0.717) is 16.3 Å². The Morgan fingerprint density at radius 3 is 2.00 bits per heavy atom. The summed E-state index contributed by atoms with van der Waals surface area (Å²) in [6.07, 6.45) is 2.26. The summed E-state index contributed by atoms with van der Waals surface area (Å²) in [6.45, 7) is 10.1. The molecule has 0 aliphatic heterocycles. The van der Waals surface area contributed by atoms with Gasteiger partial charge in [-0.3, -0.25) is 9.36 Å². The molecule has 0 saturated carbocycles. The molecule has 4 heteroatoms. The van der Waals surface area contributed by atoms with Crippen molar-refractivity contribution in [3.05, 3.63) is 132 Å². The van der Waals surface area contributed by atoms with E-state index in [1.165, 1.54) is 5.56 Å². The van der Waals surface area contributed by atoms with E-state index in [9.17, 15) is 9.00 Å². The lowest BCUT2D eigenvalue weighted by Crippen LogP contribution is -2.29. The lowest BCUT2D eigenvalue weighted by atomic mass is 9.77. The second kappa shape index (κ2) is 10.8. The molecule has 0 bridgehead atoms. The zero-order valence-corrected chi connectivity index (χ0v) is 21.3. The number of hydrogen-bond donors (Lipinski definition) is 0. The van der Waals surface area contributed by atoms with Crippen LogP contribution in [-0.4, -0.2) is 14.7 Å². The van der Waals surface area contributed by atoms with Gasteiger partial charge in [0.1, 0.15) is 15.8 Å². The first-order valence-electron chi connectivity index (χ1n) is 11.8. The van der Waals surface area contributed by atoms with Gasteiger partial charge < -0.3 is 0 Å². The summed E-state index contributed by atoms with van der Waals surface area (Å²) in [4.78, 5) is 14.9. The fourth-order valence-electron chi connectivity index (χ4n) is 4.47. The highest BCUT2D eigenvalue weighted by atomic mass is 32.2. The number of carbonyl (C=O) groups excluding carboxylic acids is 1. The molecule has 0 N–H and O–H groups in total. The van der Waals surface area contributed by atoms with E-state index in [-0.39, 0.29) is 11.8 Å². The van der Waals surface area contributed by atoms with Crippen LogP contribution in [0, 0.1) is 19.8 Å². The van der Waals surface area contributed by atoms with E-state index in [0.717, 1.165) is 22.3 Å². The first-order chi connectivity index (χ1) is 16.8. The summed E-state index contributed by atoms with van der Waals surface area (Å²) in [7, 11) is -1.47. The van der Waals surface area contributed by atoms with Crippen molar-refractivity contribution in [2.45, 2.75) is 43.0 Å². The van der Waals surface area contributed by atoms with Gasteiger partial charge in [-0.25, -0.2) is 4.21 Å². The minimum atomic E-state index is -1.47. The number of hydrogen-bond acceptors (Lipinski definition) is 2. The van der Waals surface area contributed by atoms with Crippen molar-refractivity contribution >= 4 is 16.7 Å². The van der Waals surface area contributed by atoms with Crippen LogP contribution >= 0.6 is 0 Å². The Hall–Kier alpha value is -3.50. The molecule has 35 heavy (non-hydrogen) atoms. The molecule has 3 nitrogen and oxygen atoms in total. The molecule has 1 heterocycles. The van der Waals surface area contributed by atoms with Crippen LogP contribution in [0.5, 0.6) is 0 Å². The number of aryl methyl sites for hydroxylation is 2. The minimum Gasteiger partial charge on any atom is -0.279 e. The number of carbonyl (C=O) groups is 1. The molecule has 0 aliphatic rings. The number of allylic oxidation sites excluding steroid dienone is 1. The summed E-state index contributed by atoms with van der Waals surface area (Å²) in [5, 5.41) is 0.487. The van der Waals surface area contributed by atoms with Crippen LogP contribution < -0.4 is 0 Å². The van der Waals surface area contributed by atoms with Crippen LogP contribution in [0.2, 0.25) is 0 Å². The van der Waals surface area contributed by atoms with Crippen molar-refractivity contribution in [1.29, 1.82) is 0 Å². The van der Waals surface area contributed by atoms with Gasteiger partial charge in [0.15, 0.2) is 0 Å². The normalized spacial score (nSPS) is 13.7. The van der Waals surface area contributed by atoms with Gasteiger partial charge in [-0.05, 0) is 62.6 Å². The van der Waals surface area contributed by atoms with E-state index in [4.69, 9.17) is 0 Å². The SMILES string of the molecule is C=C(C)C[C@@H](C(=O)n1cccc1S(=O)c1ccc(C)cc1)[C@H](c1ccccc1)c1ccc(C)cc1. The average molecular weight is 482 g/mol. The van der Waals surface area contributed by atoms with Crippen LogP contribution in [0.3, 0.4) is 0 Å². The molecule has 0 radical (unpaired) electrons. The summed E-state index contributed by atoms with van der Waals surface area (Å²) < 4.78 is 15.0. The second-order valence-corrected chi connectivity index (χ2v) is 10.6. The predicted octanol–water partition coefficient (Wildman–Crippen LogP) is 7.33. The molecule has 0 aliphatic carbocycles. The third kappa shape index (κ3) is 5.60. The van der Waals surface area contributed by atoms with Crippen LogP contribution in [0.4, 0.5) is 0 Å². The third-order valence-corrected chi connectivity index (χ3v) is 7.67. The maximum Gasteiger partial charge on any atom is 0.235 e. The Morgan fingerprint density at radius 2 is 1.40 bits per heavy atom. The maximum atomic E-state index is 14.2. The molecule has 0 saturated heterocycles. The Morgan fingerprint density at radius 1 is 0.829 bits per heavy atom. The lowest BCUT2D eigenvalue weighted by molar-refractivity contribution is 0.0810.